The number of alkyl halides is 1. The summed E-state index contributed by atoms with van der Waals surface area (Å²) in [6.45, 7) is 1.85. The third kappa shape index (κ3) is 4.35. The zero-order valence-electron chi connectivity index (χ0n) is 17.7. The van der Waals surface area contributed by atoms with Gasteiger partial charge in [-0.2, -0.15) is 0 Å². The number of carbonyl (C=O) groups is 4. The van der Waals surface area contributed by atoms with Crippen molar-refractivity contribution in [3.63, 3.8) is 0 Å². The predicted octanol–water partition coefficient (Wildman–Crippen LogP) is 2.31. The van der Waals surface area contributed by atoms with Crippen molar-refractivity contribution in [2.75, 3.05) is 43.8 Å². The van der Waals surface area contributed by atoms with Crippen molar-refractivity contribution in [1.82, 2.24) is 5.01 Å². The van der Waals surface area contributed by atoms with Crippen molar-refractivity contribution in [3.8, 4) is 5.75 Å². The maximum atomic E-state index is 13.4. The Hall–Kier alpha value is -3.27. The van der Waals surface area contributed by atoms with E-state index >= 15 is 0 Å². The Morgan fingerprint density at radius 3 is 2.42 bits per heavy atom. The number of hydrogen-bond donors (Lipinski definition) is 1. The quantitative estimate of drug-likeness (QED) is 0.374. The fourth-order valence-electron chi connectivity index (χ4n) is 4.04. The highest BCUT2D eigenvalue weighted by Crippen LogP contribution is 2.36. The molecule has 1 aliphatic heterocycles. The lowest BCUT2D eigenvalue weighted by Crippen LogP contribution is -2.54. The topological polar surface area (TPSA) is 119 Å². The molecule has 0 bridgehead atoms. The number of anilines is 1. The number of ether oxygens (including phenoxy) is 2. The summed E-state index contributed by atoms with van der Waals surface area (Å²) < 4.78 is 10.7. The number of carbonyl (C=O) groups excluding carboxylic acids is 4. The first-order valence-corrected chi connectivity index (χ1v) is 10.9. The highest BCUT2D eigenvalue weighted by atomic mass is 35.5. The number of hydrazine groups is 1. The number of nitrogens with zero attached hydrogens (tertiary/aromatic N) is 2. The van der Waals surface area contributed by atoms with Crippen LogP contribution in [0.1, 0.15) is 31.1 Å². The first-order valence-electron chi connectivity index (χ1n) is 10.4. The van der Waals surface area contributed by atoms with Gasteiger partial charge in [-0.15, -0.1) is 11.6 Å². The number of primary amides is 1. The Balaban J connectivity index is 1.66. The lowest BCUT2D eigenvalue weighted by molar-refractivity contribution is 0.0363. The standard InChI is InChI=1S/C23H22ClN3O6/c24-8-11-33-15-6-4-14(5-7-15)20(28)19-21(29)16-2-1-3-17(18(16)22(19)30)27(23(25)31)26-9-12-32-13-10-26/h1-7,19H,8-13H2,(H2,25,31). The second kappa shape index (κ2) is 9.70. The number of ketones is 3. The van der Waals surface area contributed by atoms with E-state index in [1.807, 2.05) is 0 Å². The number of benzene rings is 2. The van der Waals surface area contributed by atoms with Crippen molar-refractivity contribution in [1.29, 1.82) is 0 Å². The molecule has 2 N–H and O–H groups in total. The molecule has 2 aliphatic rings. The summed E-state index contributed by atoms with van der Waals surface area (Å²) in [6.07, 6.45) is 0. The van der Waals surface area contributed by atoms with Gasteiger partial charge in [0.2, 0.25) is 0 Å². The van der Waals surface area contributed by atoms with E-state index in [1.165, 1.54) is 23.2 Å². The fraction of sp³-hybridized carbons (Fsp3) is 0.304. The Kier molecular flexibility index (Phi) is 6.73. The molecule has 2 aromatic carbocycles. The SMILES string of the molecule is NC(=O)N(c1cccc2c1C(=O)C(C(=O)c1ccc(OCCCl)cc1)C2=O)N1CCOCC1. The van der Waals surface area contributed by atoms with Gasteiger partial charge in [0.25, 0.3) is 0 Å². The summed E-state index contributed by atoms with van der Waals surface area (Å²) >= 11 is 5.60. The monoisotopic (exact) mass is 471 g/mol. The molecule has 2 amide bonds. The minimum Gasteiger partial charge on any atom is -0.492 e. The van der Waals surface area contributed by atoms with Crippen LogP contribution < -0.4 is 15.5 Å². The summed E-state index contributed by atoms with van der Waals surface area (Å²) in [5, 5.41) is 2.84. The van der Waals surface area contributed by atoms with Crippen LogP contribution in [0.3, 0.4) is 0 Å². The number of morpholine rings is 1. The Bertz CT molecular complexity index is 1100. The molecule has 33 heavy (non-hydrogen) atoms. The van der Waals surface area contributed by atoms with Crippen LogP contribution in [-0.2, 0) is 4.74 Å². The van der Waals surface area contributed by atoms with Gasteiger partial charge in [-0.25, -0.2) is 14.8 Å². The van der Waals surface area contributed by atoms with E-state index in [0.29, 0.717) is 44.5 Å². The molecule has 9 nitrogen and oxygen atoms in total. The first-order chi connectivity index (χ1) is 15.9. The van der Waals surface area contributed by atoms with Gasteiger partial charge in [0.1, 0.15) is 18.3 Å². The largest absolute Gasteiger partial charge is 0.492 e. The van der Waals surface area contributed by atoms with Crippen molar-refractivity contribution >= 4 is 40.7 Å². The molecule has 0 spiro atoms. The summed E-state index contributed by atoms with van der Waals surface area (Å²) in [4.78, 5) is 51.9. The molecular formula is C23H22ClN3O6. The summed E-state index contributed by atoms with van der Waals surface area (Å²) in [5.74, 6) is -2.56. The van der Waals surface area contributed by atoms with Gasteiger partial charge < -0.3 is 15.2 Å². The van der Waals surface area contributed by atoms with Crippen LogP contribution >= 0.6 is 11.6 Å². The van der Waals surface area contributed by atoms with Crippen LogP contribution in [0.15, 0.2) is 42.5 Å². The number of halogens is 1. The van der Waals surface area contributed by atoms with Crippen molar-refractivity contribution in [3.05, 3.63) is 59.2 Å². The molecule has 1 unspecified atom stereocenters. The average Bonchev–Trinajstić information content (AvgIpc) is 3.09. The van der Waals surface area contributed by atoms with Crippen molar-refractivity contribution in [2.45, 2.75) is 0 Å². The number of urea groups is 1. The Labute approximate surface area is 194 Å². The predicted molar refractivity (Wildman–Crippen MR) is 120 cm³/mol. The molecule has 0 saturated carbocycles. The van der Waals surface area contributed by atoms with E-state index in [1.54, 1.807) is 29.3 Å². The van der Waals surface area contributed by atoms with E-state index in [2.05, 4.69) is 0 Å². The minimum atomic E-state index is -1.52. The second-order valence-electron chi connectivity index (χ2n) is 7.50. The Morgan fingerprint density at radius 1 is 1.09 bits per heavy atom. The smallest absolute Gasteiger partial charge is 0.334 e. The molecule has 1 aliphatic carbocycles. The average molecular weight is 472 g/mol. The highest BCUT2D eigenvalue weighted by molar-refractivity contribution is 6.39. The number of amides is 2. The molecule has 1 fully saturated rings. The minimum absolute atomic E-state index is 0.0215. The maximum Gasteiger partial charge on any atom is 0.334 e. The molecule has 172 valence electrons. The van der Waals surface area contributed by atoms with Gasteiger partial charge in [0.05, 0.1) is 30.3 Å². The van der Waals surface area contributed by atoms with Gasteiger partial charge in [-0.3, -0.25) is 14.4 Å². The van der Waals surface area contributed by atoms with Crippen molar-refractivity contribution < 1.29 is 28.7 Å². The lowest BCUT2D eigenvalue weighted by Gasteiger charge is -2.36. The zero-order chi connectivity index (χ0) is 23.5. The lowest BCUT2D eigenvalue weighted by atomic mass is 9.93. The number of hydrogen-bond acceptors (Lipinski definition) is 7. The third-order valence-electron chi connectivity index (χ3n) is 5.53. The van der Waals surface area contributed by atoms with Crippen LogP contribution in [-0.4, -0.2) is 67.2 Å². The summed E-state index contributed by atoms with van der Waals surface area (Å²) in [7, 11) is 0. The number of rotatable bonds is 7. The summed E-state index contributed by atoms with van der Waals surface area (Å²) in [5.41, 5.74) is 6.13. The number of fused-ring (bicyclic) bond motifs is 1. The van der Waals surface area contributed by atoms with Gasteiger partial charge in [-0.05, 0) is 30.3 Å². The van der Waals surface area contributed by atoms with Crippen LogP contribution in [0.25, 0.3) is 0 Å². The Morgan fingerprint density at radius 2 is 1.79 bits per heavy atom. The van der Waals surface area contributed by atoms with Gasteiger partial charge in [0.15, 0.2) is 17.3 Å². The van der Waals surface area contributed by atoms with Crippen molar-refractivity contribution in [2.24, 2.45) is 11.7 Å². The van der Waals surface area contributed by atoms with Crippen LogP contribution in [0.2, 0.25) is 0 Å². The highest BCUT2D eigenvalue weighted by Gasteiger charge is 2.46. The van der Waals surface area contributed by atoms with Crippen LogP contribution in [0.4, 0.5) is 10.5 Å². The maximum absolute atomic E-state index is 13.4. The molecule has 2 aromatic rings. The molecule has 0 radical (unpaired) electrons. The molecule has 1 atom stereocenters. The molecule has 0 aromatic heterocycles. The van der Waals surface area contributed by atoms with E-state index < -0.39 is 29.3 Å². The van der Waals surface area contributed by atoms with E-state index in [4.69, 9.17) is 26.8 Å². The van der Waals surface area contributed by atoms with E-state index in [0.717, 1.165) is 0 Å². The fourth-order valence-corrected chi connectivity index (χ4v) is 4.12. The van der Waals surface area contributed by atoms with E-state index in [-0.39, 0.29) is 22.4 Å². The molecule has 10 heteroatoms. The van der Waals surface area contributed by atoms with Gasteiger partial charge >= 0.3 is 6.03 Å². The van der Waals surface area contributed by atoms with Crippen LogP contribution in [0.5, 0.6) is 5.75 Å². The van der Waals surface area contributed by atoms with Gasteiger partial charge in [0, 0.05) is 24.2 Å². The summed E-state index contributed by atoms with van der Waals surface area (Å²) in [6, 6.07) is 9.94. The van der Waals surface area contributed by atoms with Gasteiger partial charge in [-0.1, -0.05) is 12.1 Å². The molecular weight excluding hydrogens is 450 g/mol. The second-order valence-corrected chi connectivity index (χ2v) is 7.88. The third-order valence-corrected chi connectivity index (χ3v) is 5.69. The zero-order valence-corrected chi connectivity index (χ0v) is 18.4. The normalized spacial score (nSPS) is 18.2. The van der Waals surface area contributed by atoms with Crippen LogP contribution in [0, 0.1) is 5.92 Å². The number of Topliss-reactive ketones (excluding diaryl/α,β-unsaturated/α-hetero) is 3. The molecule has 4 rings (SSSR count). The van der Waals surface area contributed by atoms with E-state index in [9.17, 15) is 19.2 Å². The first kappa shape index (κ1) is 22.9. The molecule has 1 heterocycles. The molecule has 1 saturated heterocycles. The number of nitrogens with two attached hydrogens (primary N) is 1.